The summed E-state index contributed by atoms with van der Waals surface area (Å²) in [5.74, 6) is -1.04. The van der Waals surface area contributed by atoms with Gasteiger partial charge >= 0.3 is 0 Å². The number of halogens is 1. The Morgan fingerprint density at radius 1 is 1.27 bits per heavy atom. The zero-order valence-corrected chi connectivity index (χ0v) is 15.6. The molecule has 1 aliphatic rings. The van der Waals surface area contributed by atoms with E-state index in [2.05, 4.69) is 15.8 Å². The molecule has 0 spiro atoms. The van der Waals surface area contributed by atoms with E-state index in [-0.39, 0.29) is 30.6 Å². The molecule has 2 amide bonds. The number of carbonyl (C=O) groups is 2. The normalized spacial score (nSPS) is 13.3. The summed E-state index contributed by atoms with van der Waals surface area (Å²) in [5.41, 5.74) is 8.12. The minimum absolute atomic E-state index is 0.00991. The van der Waals surface area contributed by atoms with E-state index in [0.717, 1.165) is 29.7 Å². The summed E-state index contributed by atoms with van der Waals surface area (Å²) >= 11 is 1.40. The van der Waals surface area contributed by atoms with Crippen LogP contribution in [0.2, 0.25) is 0 Å². The third-order valence-electron chi connectivity index (χ3n) is 4.29. The molecule has 2 aromatic rings. The monoisotopic (exact) mass is 376 g/mol. The summed E-state index contributed by atoms with van der Waals surface area (Å²) in [5, 5.41) is 2.56. The number of amides is 2. The van der Waals surface area contributed by atoms with Gasteiger partial charge in [0.2, 0.25) is 5.91 Å². The van der Waals surface area contributed by atoms with Crippen LogP contribution >= 0.6 is 11.3 Å². The van der Waals surface area contributed by atoms with Crippen LogP contribution in [0.15, 0.2) is 17.5 Å². The van der Waals surface area contributed by atoms with Gasteiger partial charge in [-0.2, -0.15) is 0 Å². The van der Waals surface area contributed by atoms with Crippen LogP contribution < -0.4 is 15.8 Å². The zero-order chi connectivity index (χ0) is 18.7. The average molecular weight is 376 g/mol. The standard InChI is InChI=1S/C18H21FN4O2S/c1-11-5-6-14(19)18-13(11)4-3-7-23(18)9-16(25)22-21-15(24)8-17-20-12(2)10-26-17/h5-6,10H,3-4,7-9H2,1-2H3,(H,21,24)(H,22,25). The molecule has 0 unspecified atom stereocenters. The quantitative estimate of drug-likeness (QED) is 0.801. The van der Waals surface area contributed by atoms with E-state index in [1.54, 1.807) is 11.0 Å². The minimum atomic E-state index is -0.387. The highest BCUT2D eigenvalue weighted by Crippen LogP contribution is 2.32. The summed E-state index contributed by atoms with van der Waals surface area (Å²) in [6.07, 6.45) is 1.78. The number of nitrogens with one attached hydrogen (secondary N) is 2. The van der Waals surface area contributed by atoms with Crippen molar-refractivity contribution < 1.29 is 14.0 Å². The number of aromatic nitrogens is 1. The second-order valence-electron chi connectivity index (χ2n) is 6.37. The van der Waals surface area contributed by atoms with Gasteiger partial charge in [-0.1, -0.05) is 6.07 Å². The lowest BCUT2D eigenvalue weighted by atomic mass is 9.96. The van der Waals surface area contributed by atoms with Crippen molar-refractivity contribution >= 4 is 28.8 Å². The lowest BCUT2D eigenvalue weighted by Gasteiger charge is -2.32. The van der Waals surface area contributed by atoms with Crippen molar-refractivity contribution in [3.63, 3.8) is 0 Å². The average Bonchev–Trinajstić information content (AvgIpc) is 3.01. The first-order chi connectivity index (χ1) is 12.4. The van der Waals surface area contributed by atoms with Gasteiger partial charge in [0.25, 0.3) is 5.91 Å². The number of hydrogen-bond acceptors (Lipinski definition) is 5. The van der Waals surface area contributed by atoms with Crippen molar-refractivity contribution in [2.75, 3.05) is 18.0 Å². The maximum absolute atomic E-state index is 14.3. The zero-order valence-electron chi connectivity index (χ0n) is 14.8. The highest BCUT2D eigenvalue weighted by atomic mass is 32.1. The fraction of sp³-hybridized carbons (Fsp3) is 0.389. The van der Waals surface area contributed by atoms with Gasteiger partial charge in [-0.15, -0.1) is 11.3 Å². The predicted molar refractivity (Wildman–Crippen MR) is 98.5 cm³/mol. The highest BCUT2D eigenvalue weighted by molar-refractivity contribution is 7.09. The molecule has 2 heterocycles. The van der Waals surface area contributed by atoms with E-state index in [4.69, 9.17) is 0 Å². The Balaban J connectivity index is 1.56. The van der Waals surface area contributed by atoms with E-state index in [1.807, 2.05) is 19.2 Å². The second-order valence-corrected chi connectivity index (χ2v) is 7.31. The summed E-state index contributed by atoms with van der Waals surface area (Å²) in [7, 11) is 0. The van der Waals surface area contributed by atoms with Crippen LogP contribution in [0.3, 0.4) is 0 Å². The number of benzene rings is 1. The molecule has 1 aliphatic heterocycles. The molecule has 0 atom stereocenters. The van der Waals surface area contributed by atoms with Crippen LogP contribution in [0.25, 0.3) is 0 Å². The van der Waals surface area contributed by atoms with E-state index < -0.39 is 0 Å². The van der Waals surface area contributed by atoms with Crippen molar-refractivity contribution in [3.8, 4) is 0 Å². The number of thiazole rings is 1. The maximum atomic E-state index is 14.3. The number of carbonyl (C=O) groups excluding carboxylic acids is 2. The summed E-state index contributed by atoms with van der Waals surface area (Å²) in [6.45, 7) is 4.40. The maximum Gasteiger partial charge on any atom is 0.257 e. The molecule has 2 N–H and O–H groups in total. The summed E-state index contributed by atoms with van der Waals surface area (Å²) < 4.78 is 14.3. The highest BCUT2D eigenvalue weighted by Gasteiger charge is 2.24. The molecular weight excluding hydrogens is 355 g/mol. The van der Waals surface area contributed by atoms with Gasteiger partial charge in [0.05, 0.1) is 18.7 Å². The molecule has 8 heteroatoms. The number of hydrogen-bond donors (Lipinski definition) is 2. The van der Waals surface area contributed by atoms with E-state index in [9.17, 15) is 14.0 Å². The topological polar surface area (TPSA) is 74.3 Å². The molecule has 0 bridgehead atoms. The second kappa shape index (κ2) is 7.82. The first-order valence-corrected chi connectivity index (χ1v) is 9.33. The van der Waals surface area contributed by atoms with Crippen molar-refractivity contribution in [3.05, 3.63) is 45.2 Å². The smallest absolute Gasteiger partial charge is 0.257 e. The Morgan fingerprint density at radius 3 is 2.77 bits per heavy atom. The van der Waals surface area contributed by atoms with Gasteiger partial charge in [-0.25, -0.2) is 9.37 Å². The van der Waals surface area contributed by atoms with Gasteiger partial charge < -0.3 is 4.90 Å². The molecule has 138 valence electrons. The largest absolute Gasteiger partial charge is 0.360 e. The number of hydrazine groups is 1. The minimum Gasteiger partial charge on any atom is -0.360 e. The number of fused-ring (bicyclic) bond motifs is 1. The van der Waals surface area contributed by atoms with Gasteiger partial charge in [0, 0.05) is 17.6 Å². The van der Waals surface area contributed by atoms with Crippen molar-refractivity contribution in [2.24, 2.45) is 0 Å². The third kappa shape index (κ3) is 4.19. The van der Waals surface area contributed by atoms with Crippen molar-refractivity contribution in [1.29, 1.82) is 0 Å². The predicted octanol–water partition coefficient (Wildman–Crippen LogP) is 2.04. The van der Waals surface area contributed by atoms with Gasteiger partial charge in [-0.3, -0.25) is 20.4 Å². The molecule has 1 aromatic carbocycles. The Kier molecular flexibility index (Phi) is 5.51. The Labute approximate surface area is 155 Å². The molecule has 0 saturated heterocycles. The number of nitrogens with zero attached hydrogens (tertiary/aromatic N) is 2. The van der Waals surface area contributed by atoms with E-state index in [0.29, 0.717) is 17.2 Å². The Morgan fingerprint density at radius 2 is 2.04 bits per heavy atom. The molecular formula is C18H21FN4O2S. The molecule has 3 rings (SSSR count). The summed E-state index contributed by atoms with van der Waals surface area (Å²) in [6, 6.07) is 3.19. The Hall–Kier alpha value is -2.48. The molecule has 0 fully saturated rings. The van der Waals surface area contributed by atoms with Crippen LogP contribution in [-0.2, 0) is 22.4 Å². The number of anilines is 1. The van der Waals surface area contributed by atoms with Crippen LogP contribution in [-0.4, -0.2) is 29.9 Å². The SMILES string of the molecule is Cc1csc(CC(=O)NNC(=O)CN2CCCc3c(C)ccc(F)c32)n1. The summed E-state index contributed by atoms with van der Waals surface area (Å²) in [4.78, 5) is 30.0. The fourth-order valence-corrected chi connectivity index (χ4v) is 3.87. The molecule has 0 saturated carbocycles. The van der Waals surface area contributed by atoms with E-state index >= 15 is 0 Å². The van der Waals surface area contributed by atoms with Gasteiger partial charge in [0.1, 0.15) is 10.8 Å². The van der Waals surface area contributed by atoms with Crippen LogP contribution in [0.4, 0.5) is 10.1 Å². The lowest BCUT2D eigenvalue weighted by molar-refractivity contribution is -0.127. The van der Waals surface area contributed by atoms with Crippen LogP contribution in [0.5, 0.6) is 0 Å². The number of rotatable bonds is 4. The van der Waals surface area contributed by atoms with Crippen LogP contribution in [0.1, 0.15) is 28.2 Å². The first-order valence-electron chi connectivity index (χ1n) is 8.45. The molecule has 0 radical (unpaired) electrons. The van der Waals surface area contributed by atoms with Crippen molar-refractivity contribution in [1.82, 2.24) is 15.8 Å². The molecule has 6 nitrogen and oxygen atoms in total. The molecule has 0 aliphatic carbocycles. The first kappa shape index (κ1) is 18.3. The Bertz CT molecular complexity index is 837. The number of aryl methyl sites for hydroxylation is 2. The van der Waals surface area contributed by atoms with Crippen molar-refractivity contribution in [2.45, 2.75) is 33.1 Å². The molecule has 26 heavy (non-hydrogen) atoms. The van der Waals surface area contributed by atoms with Crippen LogP contribution in [0, 0.1) is 19.7 Å². The van der Waals surface area contributed by atoms with Gasteiger partial charge in [0.15, 0.2) is 0 Å². The molecule has 1 aromatic heterocycles. The third-order valence-corrected chi connectivity index (χ3v) is 5.26. The van der Waals surface area contributed by atoms with Gasteiger partial charge in [-0.05, 0) is 43.9 Å². The fourth-order valence-electron chi connectivity index (χ4n) is 3.10. The van der Waals surface area contributed by atoms with E-state index in [1.165, 1.54) is 17.4 Å². The lowest BCUT2D eigenvalue weighted by Crippen LogP contribution is -2.48.